The number of rotatable bonds is 5. The van der Waals surface area contributed by atoms with Crippen molar-refractivity contribution in [1.29, 1.82) is 0 Å². The summed E-state index contributed by atoms with van der Waals surface area (Å²) in [5.74, 6) is -0.0858. The molecule has 1 amide bonds. The third-order valence-corrected chi connectivity index (χ3v) is 2.99. The zero-order valence-electron chi connectivity index (χ0n) is 11.9. The molecule has 0 spiro atoms. The van der Waals surface area contributed by atoms with Crippen LogP contribution in [0.1, 0.15) is 24.2 Å². The van der Waals surface area contributed by atoms with E-state index in [1.807, 2.05) is 27.0 Å². The molecule has 0 saturated carbocycles. The summed E-state index contributed by atoms with van der Waals surface area (Å²) in [7, 11) is 1.83. The van der Waals surface area contributed by atoms with Crippen molar-refractivity contribution in [3.05, 3.63) is 23.8 Å². The number of hydrogen-bond acceptors (Lipinski definition) is 4. The predicted molar refractivity (Wildman–Crippen MR) is 81.2 cm³/mol. The third-order valence-electron chi connectivity index (χ3n) is 2.99. The van der Waals surface area contributed by atoms with Gasteiger partial charge in [0.05, 0.1) is 5.52 Å². The lowest BCUT2D eigenvalue weighted by Crippen LogP contribution is -2.38. The SMILES string of the molecule is CCN[C@H](C)CNC(=O)c1ccc2c(c1)nnn2C.Cl. The van der Waals surface area contributed by atoms with Gasteiger partial charge in [-0.2, -0.15) is 0 Å². The van der Waals surface area contributed by atoms with E-state index >= 15 is 0 Å². The van der Waals surface area contributed by atoms with Gasteiger partial charge in [-0.3, -0.25) is 4.79 Å². The van der Waals surface area contributed by atoms with E-state index in [9.17, 15) is 4.79 Å². The van der Waals surface area contributed by atoms with Gasteiger partial charge < -0.3 is 10.6 Å². The number of likely N-dealkylation sites (N-methyl/N-ethyl adjacent to an activating group) is 1. The molecule has 0 saturated heterocycles. The Hall–Kier alpha value is -1.66. The molecule has 2 N–H and O–H groups in total. The minimum atomic E-state index is -0.0858. The molecule has 0 fully saturated rings. The summed E-state index contributed by atoms with van der Waals surface area (Å²) < 4.78 is 1.68. The minimum Gasteiger partial charge on any atom is -0.350 e. The van der Waals surface area contributed by atoms with E-state index in [0.29, 0.717) is 12.1 Å². The van der Waals surface area contributed by atoms with Crippen LogP contribution in [0.3, 0.4) is 0 Å². The number of nitrogens with zero attached hydrogens (tertiary/aromatic N) is 3. The van der Waals surface area contributed by atoms with Gasteiger partial charge in [0.15, 0.2) is 0 Å². The Morgan fingerprint density at radius 2 is 2.20 bits per heavy atom. The molecule has 1 aromatic heterocycles. The number of carbonyl (C=O) groups excluding carboxylic acids is 1. The van der Waals surface area contributed by atoms with Crippen molar-refractivity contribution in [3.8, 4) is 0 Å². The lowest BCUT2D eigenvalue weighted by molar-refractivity contribution is 0.0950. The first-order valence-corrected chi connectivity index (χ1v) is 6.43. The van der Waals surface area contributed by atoms with Crippen molar-refractivity contribution in [2.75, 3.05) is 13.1 Å². The smallest absolute Gasteiger partial charge is 0.251 e. The van der Waals surface area contributed by atoms with Gasteiger partial charge in [-0.15, -0.1) is 17.5 Å². The summed E-state index contributed by atoms with van der Waals surface area (Å²) in [5.41, 5.74) is 2.25. The number of nitrogens with one attached hydrogen (secondary N) is 2. The standard InChI is InChI=1S/C13H19N5O.ClH/c1-4-14-9(2)8-15-13(19)10-5-6-12-11(7-10)16-17-18(12)3;/h5-7,9,14H,4,8H2,1-3H3,(H,15,19);1H/t9-;/m1./s1. The van der Waals surface area contributed by atoms with E-state index in [0.717, 1.165) is 17.6 Å². The normalized spacial score (nSPS) is 11.9. The average molecular weight is 298 g/mol. The number of hydrogen-bond donors (Lipinski definition) is 2. The summed E-state index contributed by atoms with van der Waals surface area (Å²) in [6.07, 6.45) is 0. The Kier molecular flexibility index (Phi) is 5.91. The number of aryl methyl sites for hydroxylation is 1. The van der Waals surface area contributed by atoms with Crippen LogP contribution in [0, 0.1) is 0 Å². The van der Waals surface area contributed by atoms with Gasteiger partial charge in [0.1, 0.15) is 5.52 Å². The average Bonchev–Trinajstić information content (AvgIpc) is 2.77. The number of aromatic nitrogens is 3. The second-order valence-corrected chi connectivity index (χ2v) is 4.59. The van der Waals surface area contributed by atoms with Crippen LogP contribution < -0.4 is 10.6 Å². The number of amides is 1. The van der Waals surface area contributed by atoms with E-state index in [1.54, 1.807) is 16.8 Å². The Morgan fingerprint density at radius 3 is 2.90 bits per heavy atom. The molecule has 1 heterocycles. The highest BCUT2D eigenvalue weighted by atomic mass is 35.5. The Morgan fingerprint density at radius 1 is 1.45 bits per heavy atom. The number of benzene rings is 1. The molecule has 7 heteroatoms. The van der Waals surface area contributed by atoms with Gasteiger partial charge >= 0.3 is 0 Å². The summed E-state index contributed by atoms with van der Waals surface area (Å²) in [5, 5.41) is 14.1. The molecular weight excluding hydrogens is 278 g/mol. The van der Waals surface area contributed by atoms with Crippen LogP contribution in [0.4, 0.5) is 0 Å². The molecule has 0 radical (unpaired) electrons. The molecular formula is C13H20ClN5O. The quantitative estimate of drug-likeness (QED) is 0.867. The molecule has 0 aliphatic heterocycles. The summed E-state index contributed by atoms with van der Waals surface area (Å²) in [6, 6.07) is 5.67. The van der Waals surface area contributed by atoms with Gasteiger partial charge in [-0.25, -0.2) is 4.68 Å². The summed E-state index contributed by atoms with van der Waals surface area (Å²) >= 11 is 0. The Balaban J connectivity index is 0.00000200. The van der Waals surface area contributed by atoms with Crippen LogP contribution in [-0.2, 0) is 7.05 Å². The fourth-order valence-electron chi connectivity index (χ4n) is 1.95. The molecule has 2 rings (SSSR count). The number of halogens is 1. The molecule has 2 aromatic rings. The zero-order valence-corrected chi connectivity index (χ0v) is 12.7. The topological polar surface area (TPSA) is 71.8 Å². The first-order valence-electron chi connectivity index (χ1n) is 6.43. The molecule has 1 atom stereocenters. The van der Waals surface area contributed by atoms with Crippen LogP contribution in [0.5, 0.6) is 0 Å². The van der Waals surface area contributed by atoms with E-state index in [1.165, 1.54) is 0 Å². The van der Waals surface area contributed by atoms with Gasteiger partial charge in [0.2, 0.25) is 0 Å². The van der Waals surface area contributed by atoms with Crippen molar-refractivity contribution in [2.24, 2.45) is 7.05 Å². The molecule has 1 aromatic carbocycles. The first kappa shape index (κ1) is 16.4. The van der Waals surface area contributed by atoms with E-state index in [-0.39, 0.29) is 24.4 Å². The van der Waals surface area contributed by atoms with E-state index in [4.69, 9.17) is 0 Å². The lowest BCUT2D eigenvalue weighted by Gasteiger charge is -2.13. The molecule has 0 aliphatic rings. The fraction of sp³-hybridized carbons (Fsp3) is 0.462. The molecule has 0 unspecified atom stereocenters. The van der Waals surface area contributed by atoms with E-state index in [2.05, 4.69) is 20.9 Å². The van der Waals surface area contributed by atoms with E-state index < -0.39 is 0 Å². The fourth-order valence-corrected chi connectivity index (χ4v) is 1.95. The molecule has 0 bridgehead atoms. The maximum absolute atomic E-state index is 12.0. The number of fused-ring (bicyclic) bond motifs is 1. The van der Waals surface area contributed by atoms with Crippen LogP contribution in [0.15, 0.2) is 18.2 Å². The molecule has 110 valence electrons. The van der Waals surface area contributed by atoms with Crippen molar-refractivity contribution in [3.63, 3.8) is 0 Å². The molecule has 0 aliphatic carbocycles. The Bertz CT molecular complexity index is 583. The zero-order chi connectivity index (χ0) is 13.8. The predicted octanol–water partition coefficient (Wildman–Crippen LogP) is 1.12. The summed E-state index contributed by atoms with van der Waals surface area (Å²) in [6.45, 7) is 5.57. The Labute approximate surface area is 124 Å². The van der Waals surface area contributed by atoms with Crippen molar-refractivity contribution >= 4 is 29.3 Å². The second kappa shape index (κ2) is 7.21. The van der Waals surface area contributed by atoms with Crippen molar-refractivity contribution in [1.82, 2.24) is 25.6 Å². The summed E-state index contributed by atoms with van der Waals surface area (Å²) in [4.78, 5) is 12.0. The van der Waals surface area contributed by atoms with Gasteiger partial charge in [-0.05, 0) is 31.7 Å². The minimum absolute atomic E-state index is 0. The highest BCUT2D eigenvalue weighted by Crippen LogP contribution is 2.12. The van der Waals surface area contributed by atoms with Gasteiger partial charge in [-0.1, -0.05) is 12.1 Å². The van der Waals surface area contributed by atoms with Crippen molar-refractivity contribution in [2.45, 2.75) is 19.9 Å². The number of carbonyl (C=O) groups is 1. The third kappa shape index (κ3) is 3.68. The van der Waals surface area contributed by atoms with Crippen LogP contribution >= 0.6 is 12.4 Å². The highest BCUT2D eigenvalue weighted by Gasteiger charge is 2.09. The largest absolute Gasteiger partial charge is 0.350 e. The van der Waals surface area contributed by atoms with Gasteiger partial charge in [0.25, 0.3) is 5.91 Å². The first-order chi connectivity index (χ1) is 9.11. The van der Waals surface area contributed by atoms with Crippen LogP contribution in [0.25, 0.3) is 11.0 Å². The maximum atomic E-state index is 12.0. The molecule has 6 nitrogen and oxygen atoms in total. The maximum Gasteiger partial charge on any atom is 0.251 e. The highest BCUT2D eigenvalue weighted by molar-refractivity contribution is 5.97. The molecule has 20 heavy (non-hydrogen) atoms. The lowest BCUT2D eigenvalue weighted by atomic mass is 10.2. The van der Waals surface area contributed by atoms with Crippen LogP contribution in [0.2, 0.25) is 0 Å². The second-order valence-electron chi connectivity index (χ2n) is 4.59. The van der Waals surface area contributed by atoms with Crippen molar-refractivity contribution < 1.29 is 4.79 Å². The van der Waals surface area contributed by atoms with Crippen LogP contribution in [-0.4, -0.2) is 40.0 Å². The van der Waals surface area contributed by atoms with Gasteiger partial charge in [0, 0.05) is 25.2 Å². The monoisotopic (exact) mass is 297 g/mol.